The highest BCUT2D eigenvalue weighted by Crippen LogP contribution is 2.38. The van der Waals surface area contributed by atoms with E-state index in [9.17, 15) is 4.79 Å². The van der Waals surface area contributed by atoms with Crippen LogP contribution in [0.3, 0.4) is 0 Å². The number of hydrogen-bond acceptors (Lipinski definition) is 5. The summed E-state index contributed by atoms with van der Waals surface area (Å²) in [5.41, 5.74) is 3.59. The summed E-state index contributed by atoms with van der Waals surface area (Å²) in [4.78, 5) is 17.5. The second kappa shape index (κ2) is 11.7. The molecular formula is C26H21Cl2IN2O3S. The summed E-state index contributed by atoms with van der Waals surface area (Å²) in [6.45, 7) is 4.90. The molecule has 35 heavy (non-hydrogen) atoms. The lowest BCUT2D eigenvalue weighted by Gasteiger charge is -2.15. The van der Waals surface area contributed by atoms with Crippen molar-refractivity contribution < 1.29 is 14.3 Å². The lowest BCUT2D eigenvalue weighted by Crippen LogP contribution is -2.19. The SMILES string of the molecule is CCOc1cc(/C=C2/SC(=Nc3cccc(Cl)c3Cl)NC2=O)cc(I)c1OCc1ccc(C)cc1. The molecule has 4 rings (SSSR count). The molecule has 1 amide bonds. The zero-order valence-corrected chi connectivity index (χ0v) is 23.4. The molecule has 1 aliphatic rings. The molecular weight excluding hydrogens is 618 g/mol. The van der Waals surface area contributed by atoms with E-state index in [-0.39, 0.29) is 5.91 Å². The van der Waals surface area contributed by atoms with Crippen molar-refractivity contribution in [3.05, 3.63) is 89.8 Å². The number of carbonyl (C=O) groups excluding carboxylic acids is 1. The zero-order valence-electron chi connectivity index (χ0n) is 18.9. The predicted molar refractivity (Wildman–Crippen MR) is 153 cm³/mol. The van der Waals surface area contributed by atoms with Gasteiger partial charge in [-0.3, -0.25) is 4.79 Å². The average Bonchev–Trinajstić information content (AvgIpc) is 3.16. The van der Waals surface area contributed by atoms with Gasteiger partial charge in [0.25, 0.3) is 5.91 Å². The van der Waals surface area contributed by atoms with Crippen molar-refractivity contribution in [1.82, 2.24) is 5.32 Å². The van der Waals surface area contributed by atoms with Crippen LogP contribution >= 0.6 is 57.6 Å². The Morgan fingerprint density at radius 1 is 1.11 bits per heavy atom. The van der Waals surface area contributed by atoms with E-state index in [4.69, 9.17) is 32.7 Å². The number of ether oxygens (including phenoxy) is 2. The van der Waals surface area contributed by atoms with Gasteiger partial charge in [-0.15, -0.1) is 0 Å². The molecule has 5 nitrogen and oxygen atoms in total. The molecule has 0 radical (unpaired) electrons. The van der Waals surface area contributed by atoms with Crippen molar-refractivity contribution in [3.8, 4) is 11.5 Å². The van der Waals surface area contributed by atoms with E-state index in [2.05, 4.69) is 52.0 Å². The van der Waals surface area contributed by atoms with Crippen LogP contribution in [0.1, 0.15) is 23.6 Å². The van der Waals surface area contributed by atoms with Gasteiger partial charge in [0.1, 0.15) is 6.61 Å². The maximum Gasteiger partial charge on any atom is 0.264 e. The van der Waals surface area contributed by atoms with E-state index < -0.39 is 0 Å². The quantitative estimate of drug-likeness (QED) is 0.212. The van der Waals surface area contributed by atoms with E-state index in [0.29, 0.717) is 50.5 Å². The molecule has 0 aromatic heterocycles. The summed E-state index contributed by atoms with van der Waals surface area (Å²) in [5.74, 6) is 1.07. The molecule has 0 atom stereocenters. The van der Waals surface area contributed by atoms with E-state index in [1.54, 1.807) is 24.3 Å². The minimum absolute atomic E-state index is 0.237. The highest BCUT2D eigenvalue weighted by Gasteiger charge is 2.25. The lowest BCUT2D eigenvalue weighted by atomic mass is 10.1. The zero-order chi connectivity index (χ0) is 24.9. The Labute approximate surface area is 232 Å². The molecule has 0 bridgehead atoms. The number of hydrogen-bond donors (Lipinski definition) is 1. The van der Waals surface area contributed by atoms with Crippen LogP contribution in [-0.2, 0) is 11.4 Å². The molecule has 9 heteroatoms. The standard InChI is InChI=1S/C26H21Cl2IN2O3S/c1-3-33-21-12-17(11-19(29)24(21)34-14-16-9-7-15(2)8-10-16)13-22-25(32)31-26(35-22)30-20-6-4-5-18(27)23(20)28/h4-13H,3,14H2,1-2H3,(H,30,31,32)/b22-13+. The van der Waals surface area contributed by atoms with E-state index in [0.717, 1.165) is 14.7 Å². The fourth-order valence-electron chi connectivity index (χ4n) is 3.23. The molecule has 1 fully saturated rings. The smallest absolute Gasteiger partial charge is 0.264 e. The summed E-state index contributed by atoms with van der Waals surface area (Å²) in [5, 5.41) is 3.95. The number of nitrogens with one attached hydrogen (secondary N) is 1. The molecule has 1 N–H and O–H groups in total. The fraction of sp³-hybridized carbons (Fsp3) is 0.154. The summed E-state index contributed by atoms with van der Waals surface area (Å²) in [6, 6.07) is 17.2. The topological polar surface area (TPSA) is 59.9 Å². The van der Waals surface area contributed by atoms with Gasteiger partial charge >= 0.3 is 0 Å². The van der Waals surface area contributed by atoms with E-state index in [1.807, 2.05) is 31.2 Å². The van der Waals surface area contributed by atoms with E-state index >= 15 is 0 Å². The molecule has 180 valence electrons. The van der Waals surface area contributed by atoms with Crippen molar-refractivity contribution in [3.63, 3.8) is 0 Å². The number of benzene rings is 3. The first-order valence-electron chi connectivity index (χ1n) is 10.7. The van der Waals surface area contributed by atoms with Gasteiger partial charge in [0.15, 0.2) is 16.7 Å². The first-order valence-corrected chi connectivity index (χ1v) is 13.4. The molecule has 0 aliphatic carbocycles. The molecule has 1 heterocycles. The molecule has 0 unspecified atom stereocenters. The maximum absolute atomic E-state index is 12.6. The van der Waals surface area contributed by atoms with Crippen molar-refractivity contribution in [2.24, 2.45) is 4.99 Å². The minimum Gasteiger partial charge on any atom is -0.490 e. The fourth-order valence-corrected chi connectivity index (χ4v) is 5.19. The van der Waals surface area contributed by atoms with Crippen LogP contribution in [0.5, 0.6) is 11.5 Å². The Bertz CT molecular complexity index is 1330. The van der Waals surface area contributed by atoms with Gasteiger partial charge in [-0.2, -0.15) is 0 Å². The van der Waals surface area contributed by atoms with Crippen LogP contribution in [0.25, 0.3) is 6.08 Å². The molecule has 3 aromatic carbocycles. The van der Waals surface area contributed by atoms with Crippen LogP contribution in [0, 0.1) is 10.5 Å². The molecule has 1 saturated heterocycles. The van der Waals surface area contributed by atoms with Crippen LogP contribution in [-0.4, -0.2) is 17.7 Å². The first kappa shape index (κ1) is 25.9. The highest BCUT2D eigenvalue weighted by molar-refractivity contribution is 14.1. The number of thioether (sulfide) groups is 1. The summed E-state index contributed by atoms with van der Waals surface area (Å²) in [7, 11) is 0. The van der Waals surface area contributed by atoms with Crippen LogP contribution in [0.4, 0.5) is 5.69 Å². The van der Waals surface area contributed by atoms with Crippen molar-refractivity contribution >= 4 is 80.4 Å². The molecule has 3 aromatic rings. The minimum atomic E-state index is -0.237. The van der Waals surface area contributed by atoms with Gasteiger partial charge in [-0.1, -0.05) is 59.1 Å². The maximum atomic E-state index is 12.6. The van der Waals surface area contributed by atoms with Crippen molar-refractivity contribution in [2.75, 3.05) is 6.61 Å². The monoisotopic (exact) mass is 638 g/mol. The van der Waals surface area contributed by atoms with E-state index in [1.165, 1.54) is 17.3 Å². The van der Waals surface area contributed by atoms with Crippen molar-refractivity contribution in [2.45, 2.75) is 20.5 Å². The van der Waals surface area contributed by atoms with Gasteiger partial charge in [-0.05, 0) is 89.7 Å². The number of halogens is 3. The normalized spacial score (nSPS) is 15.5. The average molecular weight is 639 g/mol. The second-order valence-corrected chi connectivity index (χ2v) is 10.6. The van der Waals surface area contributed by atoms with Crippen molar-refractivity contribution in [1.29, 1.82) is 0 Å². The van der Waals surface area contributed by atoms with Crippen LogP contribution in [0.15, 0.2) is 64.5 Å². The largest absolute Gasteiger partial charge is 0.490 e. The Morgan fingerprint density at radius 2 is 1.89 bits per heavy atom. The third-order valence-electron chi connectivity index (χ3n) is 4.94. The Kier molecular flexibility index (Phi) is 8.64. The number of aryl methyl sites for hydroxylation is 1. The summed E-state index contributed by atoms with van der Waals surface area (Å²) < 4.78 is 12.9. The molecule has 1 aliphatic heterocycles. The summed E-state index contributed by atoms with van der Waals surface area (Å²) >= 11 is 15.7. The summed E-state index contributed by atoms with van der Waals surface area (Å²) in [6.07, 6.45) is 1.80. The lowest BCUT2D eigenvalue weighted by molar-refractivity contribution is -0.115. The number of nitrogens with zero attached hydrogens (tertiary/aromatic N) is 1. The van der Waals surface area contributed by atoms with Gasteiger partial charge in [0, 0.05) is 0 Å². The number of carbonyl (C=O) groups is 1. The number of aliphatic imine (C=N–C) groups is 1. The van der Waals surface area contributed by atoms with Gasteiger partial charge in [0.2, 0.25) is 0 Å². The Morgan fingerprint density at radius 3 is 2.63 bits per heavy atom. The predicted octanol–water partition coefficient (Wildman–Crippen LogP) is 7.78. The third kappa shape index (κ3) is 6.52. The Balaban J connectivity index is 1.56. The van der Waals surface area contributed by atoms with Gasteiger partial charge < -0.3 is 14.8 Å². The first-order chi connectivity index (χ1) is 16.8. The van der Waals surface area contributed by atoms with Gasteiger partial charge in [-0.25, -0.2) is 4.99 Å². The Hall–Kier alpha value is -2.20. The molecule has 0 saturated carbocycles. The van der Waals surface area contributed by atoms with Crippen LogP contribution < -0.4 is 14.8 Å². The number of rotatable bonds is 7. The second-order valence-electron chi connectivity index (χ2n) is 7.59. The molecule has 0 spiro atoms. The van der Waals surface area contributed by atoms with Crippen LogP contribution in [0.2, 0.25) is 10.0 Å². The number of amidine groups is 1. The number of amides is 1. The highest BCUT2D eigenvalue weighted by atomic mass is 127. The third-order valence-corrected chi connectivity index (χ3v) is 7.46. The van der Waals surface area contributed by atoms with Gasteiger partial charge in [0.05, 0.1) is 30.8 Å².